The number of hydrogen-bond acceptors (Lipinski definition) is 3. The topological polar surface area (TPSA) is 58.4 Å². The molecule has 2 bridgehead atoms. The first kappa shape index (κ1) is 23.8. The Kier molecular flexibility index (Phi) is 8.97. The van der Waals surface area contributed by atoms with Gasteiger partial charge in [0.05, 0.1) is 12.5 Å². The number of nitrogens with zero attached hydrogens (tertiary/aromatic N) is 1. The van der Waals surface area contributed by atoms with E-state index in [9.17, 15) is 18.0 Å². The standard InChI is InChI=1S/C17H28F3N3O.2ClH/c18-17(19,20)10-23-7-4-11(5-8-23)3-6-22-16(24)14-12-1-2-13(9-12)15(14)21;;/h11-15H,1-10,21H2,(H,22,24);2*1H. The molecule has 9 heteroatoms. The van der Waals surface area contributed by atoms with Crippen LogP contribution < -0.4 is 11.1 Å². The quantitative estimate of drug-likeness (QED) is 0.719. The molecule has 0 aromatic carbocycles. The number of rotatable bonds is 5. The monoisotopic (exact) mass is 419 g/mol. The van der Waals surface area contributed by atoms with Crippen molar-refractivity contribution in [1.29, 1.82) is 0 Å². The van der Waals surface area contributed by atoms with Gasteiger partial charge in [0.25, 0.3) is 0 Å². The Balaban J connectivity index is 0.00000169. The zero-order valence-electron chi connectivity index (χ0n) is 14.8. The lowest BCUT2D eigenvalue weighted by molar-refractivity contribution is -0.148. The molecule has 154 valence electrons. The first-order chi connectivity index (χ1) is 11.3. The smallest absolute Gasteiger partial charge is 0.356 e. The number of carbonyl (C=O) groups excluding carboxylic acids is 1. The van der Waals surface area contributed by atoms with Gasteiger partial charge in [-0.2, -0.15) is 13.2 Å². The second-order valence-corrected chi connectivity index (χ2v) is 7.85. The number of piperidine rings is 1. The summed E-state index contributed by atoms with van der Waals surface area (Å²) in [6.07, 6.45) is 1.66. The van der Waals surface area contributed by atoms with Gasteiger partial charge in [0.1, 0.15) is 0 Å². The number of amides is 1. The molecule has 0 spiro atoms. The van der Waals surface area contributed by atoms with Crippen molar-refractivity contribution in [2.75, 3.05) is 26.2 Å². The summed E-state index contributed by atoms with van der Waals surface area (Å²) in [5, 5.41) is 3.02. The van der Waals surface area contributed by atoms with Crippen LogP contribution in [0.2, 0.25) is 0 Å². The minimum Gasteiger partial charge on any atom is -0.356 e. The summed E-state index contributed by atoms with van der Waals surface area (Å²) in [4.78, 5) is 13.8. The maximum atomic E-state index is 12.4. The van der Waals surface area contributed by atoms with Crippen LogP contribution in [0.5, 0.6) is 0 Å². The average Bonchev–Trinajstić information content (AvgIpc) is 3.08. The second-order valence-electron chi connectivity index (χ2n) is 7.85. The van der Waals surface area contributed by atoms with Crippen LogP contribution in [0.4, 0.5) is 13.2 Å². The lowest BCUT2D eigenvalue weighted by Crippen LogP contribution is -2.46. The van der Waals surface area contributed by atoms with Gasteiger partial charge in [0.2, 0.25) is 5.91 Å². The summed E-state index contributed by atoms with van der Waals surface area (Å²) in [5.74, 6) is 1.43. The summed E-state index contributed by atoms with van der Waals surface area (Å²) in [5.41, 5.74) is 6.19. The van der Waals surface area contributed by atoms with E-state index in [-0.39, 0.29) is 42.7 Å². The molecule has 1 amide bonds. The minimum atomic E-state index is -4.11. The van der Waals surface area contributed by atoms with Crippen LogP contribution in [-0.2, 0) is 4.79 Å². The number of alkyl halides is 3. The highest BCUT2D eigenvalue weighted by Gasteiger charge is 2.48. The zero-order chi connectivity index (χ0) is 17.3. The predicted octanol–water partition coefficient (Wildman–Crippen LogP) is 2.98. The second kappa shape index (κ2) is 9.80. The number of nitrogens with one attached hydrogen (secondary N) is 1. The Labute approximate surface area is 165 Å². The fraction of sp³-hybridized carbons (Fsp3) is 0.941. The molecule has 4 nitrogen and oxygen atoms in total. The molecule has 26 heavy (non-hydrogen) atoms. The molecule has 1 heterocycles. The fourth-order valence-electron chi connectivity index (χ4n) is 4.93. The van der Waals surface area contributed by atoms with Crippen LogP contribution in [0.15, 0.2) is 0 Å². The van der Waals surface area contributed by atoms with Crippen LogP contribution in [0, 0.1) is 23.7 Å². The van der Waals surface area contributed by atoms with E-state index in [0.717, 1.165) is 38.5 Å². The maximum Gasteiger partial charge on any atom is 0.401 e. The van der Waals surface area contributed by atoms with Crippen molar-refractivity contribution < 1.29 is 18.0 Å². The molecule has 3 N–H and O–H groups in total. The molecular weight excluding hydrogens is 390 g/mol. The third-order valence-corrected chi connectivity index (χ3v) is 6.25. The van der Waals surface area contributed by atoms with Crippen LogP contribution in [0.1, 0.15) is 38.5 Å². The van der Waals surface area contributed by atoms with Gasteiger partial charge in [-0.1, -0.05) is 0 Å². The van der Waals surface area contributed by atoms with E-state index in [1.807, 2.05) is 0 Å². The summed E-state index contributed by atoms with van der Waals surface area (Å²) in [6.45, 7) is 0.798. The number of halogens is 5. The highest BCUT2D eigenvalue weighted by atomic mass is 35.5. The first-order valence-corrected chi connectivity index (χ1v) is 9.16. The molecule has 1 aliphatic heterocycles. The van der Waals surface area contributed by atoms with Gasteiger partial charge >= 0.3 is 6.18 Å². The van der Waals surface area contributed by atoms with Crippen molar-refractivity contribution in [3.63, 3.8) is 0 Å². The van der Waals surface area contributed by atoms with E-state index in [1.165, 1.54) is 4.90 Å². The molecule has 4 atom stereocenters. The van der Waals surface area contributed by atoms with Gasteiger partial charge < -0.3 is 11.1 Å². The van der Waals surface area contributed by atoms with Crippen LogP contribution in [-0.4, -0.2) is 49.2 Å². The highest BCUT2D eigenvalue weighted by Crippen LogP contribution is 2.47. The van der Waals surface area contributed by atoms with E-state index in [1.54, 1.807) is 0 Å². The van der Waals surface area contributed by atoms with Crippen molar-refractivity contribution in [3.05, 3.63) is 0 Å². The van der Waals surface area contributed by atoms with Crippen molar-refractivity contribution in [2.24, 2.45) is 29.4 Å². The summed E-state index contributed by atoms with van der Waals surface area (Å²) in [6, 6.07) is 0.00866. The van der Waals surface area contributed by atoms with Gasteiger partial charge in [-0.25, -0.2) is 0 Å². The molecule has 3 rings (SSSR count). The van der Waals surface area contributed by atoms with Crippen LogP contribution in [0.25, 0.3) is 0 Å². The largest absolute Gasteiger partial charge is 0.401 e. The van der Waals surface area contributed by atoms with Gasteiger partial charge in [-0.15, -0.1) is 24.8 Å². The molecular formula is C17H30Cl2F3N3O. The lowest BCUT2D eigenvalue weighted by atomic mass is 9.84. The molecule has 3 aliphatic rings. The summed E-state index contributed by atoms with van der Waals surface area (Å²) in [7, 11) is 0. The molecule has 3 fully saturated rings. The first-order valence-electron chi connectivity index (χ1n) is 9.16. The van der Waals surface area contributed by atoms with Gasteiger partial charge in [-0.3, -0.25) is 9.69 Å². The molecule has 0 aromatic rings. The SMILES string of the molecule is Cl.Cl.NC1C2CCC(C2)C1C(=O)NCCC1CCN(CC(F)(F)F)CC1. The Morgan fingerprint density at radius 3 is 2.23 bits per heavy atom. The van der Waals surface area contributed by atoms with Crippen LogP contribution in [0.3, 0.4) is 0 Å². The number of hydrogen-bond donors (Lipinski definition) is 2. The van der Waals surface area contributed by atoms with Gasteiger partial charge in [0, 0.05) is 12.6 Å². The van der Waals surface area contributed by atoms with Gasteiger partial charge in [0.15, 0.2) is 0 Å². The van der Waals surface area contributed by atoms with Gasteiger partial charge in [-0.05, 0) is 69.4 Å². The van der Waals surface area contributed by atoms with Crippen LogP contribution >= 0.6 is 24.8 Å². The molecule has 4 unspecified atom stereocenters. The van der Waals surface area contributed by atoms with E-state index in [0.29, 0.717) is 37.4 Å². The van der Waals surface area contributed by atoms with E-state index < -0.39 is 12.7 Å². The number of nitrogens with two attached hydrogens (primary N) is 1. The average molecular weight is 420 g/mol. The molecule has 1 saturated heterocycles. The van der Waals surface area contributed by atoms with E-state index in [4.69, 9.17) is 5.73 Å². The number of carbonyl (C=O) groups is 1. The molecule has 0 aromatic heterocycles. The highest BCUT2D eigenvalue weighted by molar-refractivity contribution is 5.85. The molecule has 0 radical (unpaired) electrons. The van der Waals surface area contributed by atoms with Crippen molar-refractivity contribution >= 4 is 30.7 Å². The Hall–Kier alpha value is -0.240. The maximum absolute atomic E-state index is 12.4. The van der Waals surface area contributed by atoms with Crippen molar-refractivity contribution in [3.8, 4) is 0 Å². The van der Waals surface area contributed by atoms with Crippen molar-refractivity contribution in [1.82, 2.24) is 10.2 Å². The van der Waals surface area contributed by atoms with E-state index >= 15 is 0 Å². The lowest BCUT2D eigenvalue weighted by Gasteiger charge is -2.32. The van der Waals surface area contributed by atoms with Crippen molar-refractivity contribution in [2.45, 2.75) is 50.7 Å². The number of fused-ring (bicyclic) bond motifs is 2. The normalized spacial score (nSPS) is 32.0. The number of likely N-dealkylation sites (tertiary alicyclic amines) is 1. The third kappa shape index (κ3) is 5.88. The minimum absolute atomic E-state index is 0. The van der Waals surface area contributed by atoms with E-state index in [2.05, 4.69) is 5.32 Å². The Bertz CT molecular complexity index is 457. The Morgan fingerprint density at radius 2 is 1.69 bits per heavy atom. The predicted molar refractivity (Wildman–Crippen MR) is 99.6 cm³/mol. The zero-order valence-corrected chi connectivity index (χ0v) is 16.5. The Morgan fingerprint density at radius 1 is 1.08 bits per heavy atom. The summed E-state index contributed by atoms with van der Waals surface area (Å²) < 4.78 is 37.1. The fourth-order valence-corrected chi connectivity index (χ4v) is 4.93. The molecule has 2 saturated carbocycles. The third-order valence-electron chi connectivity index (χ3n) is 6.25. The molecule has 2 aliphatic carbocycles. The summed E-state index contributed by atoms with van der Waals surface area (Å²) >= 11 is 0.